The van der Waals surface area contributed by atoms with Crippen molar-refractivity contribution in [3.8, 4) is 0 Å². The van der Waals surface area contributed by atoms with Crippen LogP contribution in [0.2, 0.25) is 0 Å². The largest absolute Gasteiger partial charge is 0.385 e. The number of hydrogen-bond acceptors (Lipinski definition) is 2. The van der Waals surface area contributed by atoms with Gasteiger partial charge in [0.1, 0.15) is 0 Å². The van der Waals surface area contributed by atoms with Crippen molar-refractivity contribution < 1.29 is 4.74 Å². The average molecular weight is 235 g/mol. The van der Waals surface area contributed by atoms with Gasteiger partial charge in [-0.25, -0.2) is 0 Å². The van der Waals surface area contributed by atoms with E-state index in [-0.39, 0.29) is 0 Å². The Hall–Kier alpha value is -0.860. The Morgan fingerprint density at radius 2 is 1.94 bits per heavy atom. The standard InChI is InChI=1S/C15H25NO/c1-4-10-16-12-15(9-11-17-3)14-7-5-13(2)6-8-14/h5-8,15-16H,4,9-12H2,1-3H3. The Morgan fingerprint density at radius 1 is 1.24 bits per heavy atom. The molecule has 0 heterocycles. The lowest BCUT2D eigenvalue weighted by molar-refractivity contribution is 0.187. The highest BCUT2D eigenvalue weighted by Crippen LogP contribution is 2.19. The third-order valence-electron chi connectivity index (χ3n) is 3.04. The summed E-state index contributed by atoms with van der Waals surface area (Å²) in [7, 11) is 1.77. The number of aryl methyl sites for hydroxylation is 1. The fourth-order valence-electron chi connectivity index (χ4n) is 1.94. The van der Waals surface area contributed by atoms with E-state index < -0.39 is 0 Å². The van der Waals surface area contributed by atoms with Gasteiger partial charge in [0.05, 0.1) is 0 Å². The van der Waals surface area contributed by atoms with E-state index in [1.165, 1.54) is 17.5 Å². The fourth-order valence-corrected chi connectivity index (χ4v) is 1.94. The maximum Gasteiger partial charge on any atom is 0.0468 e. The van der Waals surface area contributed by atoms with Crippen molar-refractivity contribution in [1.29, 1.82) is 0 Å². The van der Waals surface area contributed by atoms with Crippen molar-refractivity contribution in [2.45, 2.75) is 32.6 Å². The Kier molecular flexibility index (Phi) is 6.90. The maximum absolute atomic E-state index is 5.20. The van der Waals surface area contributed by atoms with Crippen molar-refractivity contribution in [3.05, 3.63) is 35.4 Å². The highest BCUT2D eigenvalue weighted by Gasteiger charge is 2.10. The van der Waals surface area contributed by atoms with Crippen LogP contribution >= 0.6 is 0 Å². The molecule has 0 saturated carbocycles. The van der Waals surface area contributed by atoms with Crippen LogP contribution in [0.4, 0.5) is 0 Å². The van der Waals surface area contributed by atoms with E-state index in [1.807, 2.05) is 0 Å². The van der Waals surface area contributed by atoms with Crippen molar-refractivity contribution in [2.24, 2.45) is 0 Å². The number of nitrogens with one attached hydrogen (secondary N) is 1. The van der Waals surface area contributed by atoms with Crippen LogP contribution in [-0.2, 0) is 4.74 Å². The van der Waals surface area contributed by atoms with Crippen molar-refractivity contribution in [3.63, 3.8) is 0 Å². The van der Waals surface area contributed by atoms with Crippen LogP contribution in [-0.4, -0.2) is 26.8 Å². The molecule has 0 aliphatic rings. The molecule has 17 heavy (non-hydrogen) atoms. The van der Waals surface area contributed by atoms with E-state index in [2.05, 4.69) is 43.4 Å². The summed E-state index contributed by atoms with van der Waals surface area (Å²) in [6, 6.07) is 8.86. The summed E-state index contributed by atoms with van der Waals surface area (Å²) in [4.78, 5) is 0. The number of rotatable bonds is 8. The Balaban J connectivity index is 2.57. The molecule has 96 valence electrons. The number of ether oxygens (including phenoxy) is 1. The van der Waals surface area contributed by atoms with Gasteiger partial charge in [-0.05, 0) is 37.8 Å². The normalized spacial score (nSPS) is 12.6. The molecule has 0 bridgehead atoms. The molecule has 0 aliphatic heterocycles. The minimum absolute atomic E-state index is 0.557. The molecular formula is C15H25NO. The topological polar surface area (TPSA) is 21.3 Å². The minimum Gasteiger partial charge on any atom is -0.385 e. The fraction of sp³-hybridized carbons (Fsp3) is 0.600. The lowest BCUT2D eigenvalue weighted by atomic mass is 9.95. The molecule has 2 heteroatoms. The van der Waals surface area contributed by atoms with Gasteiger partial charge in [0.2, 0.25) is 0 Å². The van der Waals surface area contributed by atoms with E-state index >= 15 is 0 Å². The van der Waals surface area contributed by atoms with Gasteiger partial charge in [0.15, 0.2) is 0 Å². The second-order valence-corrected chi connectivity index (χ2v) is 4.59. The van der Waals surface area contributed by atoms with E-state index in [1.54, 1.807) is 7.11 Å². The highest BCUT2D eigenvalue weighted by atomic mass is 16.5. The molecule has 0 saturated heterocycles. The molecule has 1 atom stereocenters. The van der Waals surface area contributed by atoms with Crippen LogP contribution in [0.15, 0.2) is 24.3 Å². The quantitative estimate of drug-likeness (QED) is 0.699. The molecule has 1 aromatic rings. The molecule has 2 nitrogen and oxygen atoms in total. The molecule has 0 spiro atoms. The van der Waals surface area contributed by atoms with Gasteiger partial charge in [-0.1, -0.05) is 36.8 Å². The van der Waals surface area contributed by atoms with Crippen LogP contribution in [0.25, 0.3) is 0 Å². The van der Waals surface area contributed by atoms with Crippen LogP contribution in [0.1, 0.15) is 36.8 Å². The predicted molar refractivity (Wildman–Crippen MR) is 73.6 cm³/mol. The molecule has 0 radical (unpaired) electrons. The van der Waals surface area contributed by atoms with Gasteiger partial charge in [-0.15, -0.1) is 0 Å². The SMILES string of the molecule is CCCNCC(CCOC)c1ccc(C)cc1. The summed E-state index contributed by atoms with van der Waals surface area (Å²) in [6.07, 6.45) is 2.27. The van der Waals surface area contributed by atoms with Crippen molar-refractivity contribution in [2.75, 3.05) is 26.8 Å². The first-order chi connectivity index (χ1) is 8.27. The second-order valence-electron chi connectivity index (χ2n) is 4.59. The minimum atomic E-state index is 0.557. The molecule has 1 aromatic carbocycles. The molecule has 0 fully saturated rings. The van der Waals surface area contributed by atoms with Crippen LogP contribution in [0.3, 0.4) is 0 Å². The van der Waals surface area contributed by atoms with Crippen LogP contribution in [0.5, 0.6) is 0 Å². The van der Waals surface area contributed by atoms with E-state index in [0.717, 1.165) is 26.1 Å². The highest BCUT2D eigenvalue weighted by molar-refractivity contribution is 5.24. The van der Waals surface area contributed by atoms with Gasteiger partial charge in [0, 0.05) is 20.3 Å². The zero-order valence-electron chi connectivity index (χ0n) is 11.3. The van der Waals surface area contributed by atoms with Crippen LogP contribution < -0.4 is 5.32 Å². The number of hydrogen-bond donors (Lipinski definition) is 1. The van der Waals surface area contributed by atoms with E-state index in [9.17, 15) is 0 Å². The smallest absolute Gasteiger partial charge is 0.0468 e. The Labute approximate surface area is 105 Å². The second kappa shape index (κ2) is 8.26. The lowest BCUT2D eigenvalue weighted by Crippen LogP contribution is -2.23. The van der Waals surface area contributed by atoms with Gasteiger partial charge in [0.25, 0.3) is 0 Å². The van der Waals surface area contributed by atoms with Gasteiger partial charge < -0.3 is 10.1 Å². The molecular weight excluding hydrogens is 210 g/mol. The zero-order chi connectivity index (χ0) is 12.5. The summed E-state index contributed by atoms with van der Waals surface area (Å²) >= 11 is 0. The maximum atomic E-state index is 5.20. The molecule has 0 amide bonds. The third kappa shape index (κ3) is 5.33. The zero-order valence-corrected chi connectivity index (χ0v) is 11.3. The van der Waals surface area contributed by atoms with Crippen LogP contribution in [0, 0.1) is 6.92 Å². The van der Waals surface area contributed by atoms with Gasteiger partial charge in [-0.2, -0.15) is 0 Å². The Morgan fingerprint density at radius 3 is 2.53 bits per heavy atom. The first-order valence-electron chi connectivity index (χ1n) is 6.54. The molecule has 0 aromatic heterocycles. The molecule has 0 aliphatic carbocycles. The van der Waals surface area contributed by atoms with E-state index in [0.29, 0.717) is 5.92 Å². The van der Waals surface area contributed by atoms with Crippen molar-refractivity contribution >= 4 is 0 Å². The monoisotopic (exact) mass is 235 g/mol. The summed E-state index contributed by atoms with van der Waals surface area (Å²) < 4.78 is 5.20. The lowest BCUT2D eigenvalue weighted by Gasteiger charge is -2.18. The predicted octanol–water partition coefficient (Wildman–Crippen LogP) is 3.11. The summed E-state index contributed by atoms with van der Waals surface area (Å²) in [6.45, 7) is 7.29. The van der Waals surface area contributed by atoms with Crippen molar-refractivity contribution in [1.82, 2.24) is 5.32 Å². The number of methoxy groups -OCH3 is 1. The first kappa shape index (κ1) is 14.2. The number of benzene rings is 1. The molecule has 1 rings (SSSR count). The summed E-state index contributed by atoms with van der Waals surface area (Å²) in [5.74, 6) is 0.557. The molecule has 1 N–H and O–H groups in total. The Bertz CT molecular complexity index is 294. The van der Waals surface area contributed by atoms with Gasteiger partial charge >= 0.3 is 0 Å². The summed E-state index contributed by atoms with van der Waals surface area (Å²) in [5, 5.41) is 3.50. The summed E-state index contributed by atoms with van der Waals surface area (Å²) in [5.41, 5.74) is 2.73. The molecule has 1 unspecified atom stereocenters. The third-order valence-corrected chi connectivity index (χ3v) is 3.04. The first-order valence-corrected chi connectivity index (χ1v) is 6.54. The van der Waals surface area contributed by atoms with E-state index in [4.69, 9.17) is 4.74 Å². The van der Waals surface area contributed by atoms with Gasteiger partial charge in [-0.3, -0.25) is 0 Å². The average Bonchev–Trinajstić information content (AvgIpc) is 2.35.